The third-order valence-electron chi connectivity index (χ3n) is 4.04. The topological polar surface area (TPSA) is 63.9 Å². The number of hydrogen-bond donors (Lipinski definition) is 0. The number of carbonyl (C=O) groups excluding carboxylic acids is 1. The lowest BCUT2D eigenvalue weighted by Crippen LogP contribution is -2.24. The first kappa shape index (κ1) is 14.5. The molecular formula is C17H14FN5O. The summed E-state index contributed by atoms with van der Waals surface area (Å²) in [6, 6.07) is 5.07. The van der Waals surface area contributed by atoms with E-state index in [0.717, 1.165) is 11.1 Å². The van der Waals surface area contributed by atoms with Crippen LogP contribution in [0.25, 0.3) is 11.1 Å². The largest absolute Gasteiger partial charge is 0.327 e. The SMILES string of the molecule is Cn1cc(-c2cnc(CN3Cc4cccnc4C3=O)c(F)c2)cn1. The Bertz CT molecular complexity index is 936. The van der Waals surface area contributed by atoms with Gasteiger partial charge in [-0.15, -0.1) is 0 Å². The van der Waals surface area contributed by atoms with Gasteiger partial charge in [0, 0.05) is 48.9 Å². The van der Waals surface area contributed by atoms with Crippen LogP contribution in [0.5, 0.6) is 0 Å². The second-order valence-electron chi connectivity index (χ2n) is 5.73. The molecule has 0 bridgehead atoms. The molecule has 1 aliphatic rings. The maximum Gasteiger partial charge on any atom is 0.273 e. The fourth-order valence-electron chi connectivity index (χ4n) is 2.81. The summed E-state index contributed by atoms with van der Waals surface area (Å²) in [5, 5.41) is 4.07. The van der Waals surface area contributed by atoms with Crippen LogP contribution in [0.4, 0.5) is 4.39 Å². The molecule has 0 radical (unpaired) electrons. The Labute approximate surface area is 137 Å². The number of pyridine rings is 2. The van der Waals surface area contributed by atoms with Crippen LogP contribution < -0.4 is 0 Å². The van der Waals surface area contributed by atoms with Crippen molar-refractivity contribution in [2.24, 2.45) is 7.05 Å². The molecular weight excluding hydrogens is 309 g/mol. The van der Waals surface area contributed by atoms with E-state index in [1.54, 1.807) is 47.5 Å². The van der Waals surface area contributed by atoms with Crippen LogP contribution in [-0.2, 0) is 20.1 Å². The van der Waals surface area contributed by atoms with Crippen molar-refractivity contribution in [1.82, 2.24) is 24.6 Å². The van der Waals surface area contributed by atoms with Gasteiger partial charge in [0.05, 0.1) is 18.4 Å². The maximum absolute atomic E-state index is 14.4. The molecule has 0 unspecified atom stereocenters. The molecule has 4 heterocycles. The molecule has 3 aromatic rings. The summed E-state index contributed by atoms with van der Waals surface area (Å²) < 4.78 is 16.1. The van der Waals surface area contributed by atoms with Crippen molar-refractivity contribution in [2.75, 3.05) is 0 Å². The van der Waals surface area contributed by atoms with Gasteiger partial charge < -0.3 is 4.90 Å². The molecule has 3 aromatic heterocycles. The van der Waals surface area contributed by atoms with E-state index in [-0.39, 0.29) is 18.1 Å². The van der Waals surface area contributed by atoms with Crippen LogP contribution in [0.1, 0.15) is 21.7 Å². The van der Waals surface area contributed by atoms with Crippen LogP contribution in [0.2, 0.25) is 0 Å². The quantitative estimate of drug-likeness (QED) is 0.741. The molecule has 0 spiro atoms. The molecule has 1 amide bonds. The number of nitrogens with zero attached hydrogens (tertiary/aromatic N) is 5. The Morgan fingerprint density at radius 3 is 2.83 bits per heavy atom. The first-order valence-electron chi connectivity index (χ1n) is 7.48. The lowest BCUT2D eigenvalue weighted by molar-refractivity contribution is 0.0759. The van der Waals surface area contributed by atoms with Crippen molar-refractivity contribution in [3.63, 3.8) is 0 Å². The summed E-state index contributed by atoms with van der Waals surface area (Å²) in [5.74, 6) is -0.629. The predicted molar refractivity (Wildman–Crippen MR) is 84.2 cm³/mol. The summed E-state index contributed by atoms with van der Waals surface area (Å²) in [6.45, 7) is 0.543. The van der Waals surface area contributed by atoms with Crippen molar-refractivity contribution in [1.29, 1.82) is 0 Å². The lowest BCUT2D eigenvalue weighted by Gasteiger charge is -2.15. The van der Waals surface area contributed by atoms with Gasteiger partial charge >= 0.3 is 0 Å². The minimum absolute atomic E-state index is 0.119. The molecule has 0 aliphatic carbocycles. The van der Waals surface area contributed by atoms with Crippen LogP contribution in [0, 0.1) is 5.82 Å². The molecule has 0 saturated heterocycles. The van der Waals surface area contributed by atoms with E-state index in [1.165, 1.54) is 6.07 Å². The van der Waals surface area contributed by atoms with Crippen LogP contribution in [-0.4, -0.2) is 30.6 Å². The number of halogens is 1. The third kappa shape index (κ3) is 2.44. The molecule has 0 saturated carbocycles. The van der Waals surface area contributed by atoms with Crippen molar-refractivity contribution in [3.05, 3.63) is 65.8 Å². The molecule has 6 nitrogen and oxygen atoms in total. The van der Waals surface area contributed by atoms with Crippen LogP contribution in [0.3, 0.4) is 0 Å². The minimum Gasteiger partial charge on any atom is -0.327 e. The molecule has 0 atom stereocenters. The van der Waals surface area contributed by atoms with E-state index < -0.39 is 5.82 Å². The molecule has 0 N–H and O–H groups in total. The van der Waals surface area contributed by atoms with E-state index in [4.69, 9.17) is 0 Å². The Hall–Kier alpha value is -3.09. The van der Waals surface area contributed by atoms with Crippen LogP contribution in [0.15, 0.2) is 43.0 Å². The van der Waals surface area contributed by atoms with Gasteiger partial charge in [-0.25, -0.2) is 4.39 Å². The van der Waals surface area contributed by atoms with Crippen molar-refractivity contribution >= 4 is 5.91 Å². The number of carbonyl (C=O) groups is 1. The highest BCUT2D eigenvalue weighted by molar-refractivity contribution is 5.96. The number of hydrogen-bond acceptors (Lipinski definition) is 4. The highest BCUT2D eigenvalue weighted by Crippen LogP contribution is 2.24. The Balaban J connectivity index is 1.57. The highest BCUT2D eigenvalue weighted by Gasteiger charge is 2.29. The fraction of sp³-hybridized carbons (Fsp3) is 0.176. The van der Waals surface area contributed by atoms with E-state index in [1.807, 2.05) is 6.07 Å². The number of rotatable bonds is 3. The average Bonchev–Trinajstić information content (AvgIpc) is 3.14. The van der Waals surface area contributed by atoms with Gasteiger partial charge in [0.25, 0.3) is 5.91 Å². The molecule has 1 aliphatic heterocycles. The number of aromatic nitrogens is 4. The second-order valence-corrected chi connectivity index (χ2v) is 5.73. The maximum atomic E-state index is 14.4. The zero-order chi connectivity index (χ0) is 16.7. The predicted octanol–water partition coefficient (Wildman–Crippen LogP) is 2.17. The van der Waals surface area contributed by atoms with E-state index in [0.29, 0.717) is 17.8 Å². The van der Waals surface area contributed by atoms with E-state index in [2.05, 4.69) is 15.1 Å². The van der Waals surface area contributed by atoms with Gasteiger partial charge in [0.1, 0.15) is 11.5 Å². The summed E-state index contributed by atoms with van der Waals surface area (Å²) in [7, 11) is 1.80. The molecule has 24 heavy (non-hydrogen) atoms. The van der Waals surface area contributed by atoms with E-state index in [9.17, 15) is 9.18 Å². The normalized spacial score (nSPS) is 13.4. The summed E-state index contributed by atoms with van der Waals surface area (Å²) >= 11 is 0. The zero-order valence-electron chi connectivity index (χ0n) is 13.0. The lowest BCUT2D eigenvalue weighted by atomic mass is 10.1. The Kier molecular flexibility index (Phi) is 3.34. The number of amides is 1. The molecule has 120 valence electrons. The van der Waals surface area contributed by atoms with Crippen molar-refractivity contribution in [3.8, 4) is 11.1 Å². The smallest absolute Gasteiger partial charge is 0.273 e. The summed E-state index contributed by atoms with van der Waals surface area (Å²) in [4.78, 5) is 22.1. The van der Waals surface area contributed by atoms with E-state index >= 15 is 0 Å². The first-order chi connectivity index (χ1) is 11.6. The third-order valence-corrected chi connectivity index (χ3v) is 4.04. The van der Waals surface area contributed by atoms with Gasteiger partial charge in [-0.2, -0.15) is 5.10 Å². The number of aryl methyl sites for hydroxylation is 1. The highest BCUT2D eigenvalue weighted by atomic mass is 19.1. The van der Waals surface area contributed by atoms with Crippen molar-refractivity contribution in [2.45, 2.75) is 13.1 Å². The van der Waals surface area contributed by atoms with Crippen LogP contribution >= 0.6 is 0 Å². The second kappa shape index (κ2) is 5.52. The monoisotopic (exact) mass is 323 g/mol. The fourth-order valence-corrected chi connectivity index (χ4v) is 2.81. The summed E-state index contributed by atoms with van der Waals surface area (Å²) in [5.41, 5.74) is 2.98. The molecule has 0 aromatic carbocycles. The number of fused-ring (bicyclic) bond motifs is 1. The standard InChI is InChI=1S/C17H14FN5O/c1-22-8-13(7-21-22)12-5-14(18)15(20-6-12)10-23-9-11-3-2-4-19-16(11)17(23)24/h2-8H,9-10H2,1H3. The van der Waals surface area contributed by atoms with Gasteiger partial charge in [-0.1, -0.05) is 6.07 Å². The zero-order valence-corrected chi connectivity index (χ0v) is 13.0. The Morgan fingerprint density at radius 1 is 1.25 bits per heavy atom. The average molecular weight is 323 g/mol. The van der Waals surface area contributed by atoms with Crippen molar-refractivity contribution < 1.29 is 9.18 Å². The molecule has 0 fully saturated rings. The molecule has 7 heteroatoms. The van der Waals surface area contributed by atoms with Gasteiger partial charge in [0.15, 0.2) is 0 Å². The first-order valence-corrected chi connectivity index (χ1v) is 7.48. The van der Waals surface area contributed by atoms with Gasteiger partial charge in [-0.05, 0) is 12.1 Å². The van der Waals surface area contributed by atoms with Gasteiger partial charge in [-0.3, -0.25) is 19.4 Å². The summed E-state index contributed by atoms with van der Waals surface area (Å²) in [6.07, 6.45) is 6.63. The minimum atomic E-state index is -0.437. The van der Waals surface area contributed by atoms with Gasteiger partial charge in [0.2, 0.25) is 0 Å². The molecule has 4 rings (SSSR count). The Morgan fingerprint density at radius 2 is 2.12 bits per heavy atom.